The zero-order valence-electron chi connectivity index (χ0n) is 15.1. The van der Waals surface area contributed by atoms with E-state index < -0.39 is 21.7 Å². The SMILES string of the molecule is COCCN1CCC(N2CCN(S(=O)(=O)c3ccc(F)c(F)c3)CC2)C1=O. The number of carbonyl (C=O) groups is 1. The normalized spacial score (nSPS) is 22.6. The van der Waals surface area contributed by atoms with Gasteiger partial charge in [0.2, 0.25) is 15.9 Å². The molecule has 1 atom stereocenters. The van der Waals surface area contributed by atoms with E-state index in [9.17, 15) is 22.0 Å². The number of hydrogen-bond donors (Lipinski definition) is 0. The third-order valence-electron chi connectivity index (χ3n) is 5.08. The molecule has 10 heteroatoms. The highest BCUT2D eigenvalue weighted by molar-refractivity contribution is 7.89. The predicted molar refractivity (Wildman–Crippen MR) is 93.6 cm³/mol. The Morgan fingerprint density at radius 3 is 2.44 bits per heavy atom. The van der Waals surface area contributed by atoms with Crippen molar-refractivity contribution < 1.29 is 26.7 Å². The van der Waals surface area contributed by atoms with Crippen LogP contribution in [0.2, 0.25) is 0 Å². The molecule has 2 fully saturated rings. The summed E-state index contributed by atoms with van der Waals surface area (Å²) in [7, 11) is -2.31. The summed E-state index contributed by atoms with van der Waals surface area (Å²) in [5.74, 6) is -2.23. The van der Waals surface area contributed by atoms with Crippen LogP contribution < -0.4 is 0 Å². The van der Waals surface area contributed by atoms with Gasteiger partial charge in [0.25, 0.3) is 0 Å². The molecule has 0 aromatic heterocycles. The number of ether oxygens (including phenoxy) is 1. The number of nitrogens with zero attached hydrogens (tertiary/aromatic N) is 3. The largest absolute Gasteiger partial charge is 0.383 e. The van der Waals surface area contributed by atoms with Crippen LogP contribution in [-0.2, 0) is 19.6 Å². The van der Waals surface area contributed by atoms with Crippen LogP contribution in [0.1, 0.15) is 6.42 Å². The van der Waals surface area contributed by atoms with E-state index in [0.29, 0.717) is 45.3 Å². The van der Waals surface area contributed by atoms with Crippen LogP contribution in [0.5, 0.6) is 0 Å². The van der Waals surface area contributed by atoms with Crippen LogP contribution in [0.15, 0.2) is 23.1 Å². The Morgan fingerprint density at radius 2 is 1.81 bits per heavy atom. The number of carbonyl (C=O) groups excluding carboxylic acids is 1. The topological polar surface area (TPSA) is 70.2 Å². The molecule has 0 spiro atoms. The van der Waals surface area contributed by atoms with Crippen LogP contribution in [0.3, 0.4) is 0 Å². The van der Waals surface area contributed by atoms with Gasteiger partial charge in [0.15, 0.2) is 11.6 Å². The van der Waals surface area contributed by atoms with Gasteiger partial charge in [-0.3, -0.25) is 9.69 Å². The Morgan fingerprint density at radius 1 is 1.11 bits per heavy atom. The summed E-state index contributed by atoms with van der Waals surface area (Å²) in [4.78, 5) is 16.0. The first-order chi connectivity index (χ1) is 12.8. The van der Waals surface area contributed by atoms with Crippen molar-refractivity contribution in [2.75, 3.05) is 53.0 Å². The van der Waals surface area contributed by atoms with E-state index in [1.165, 1.54) is 4.31 Å². The first-order valence-electron chi connectivity index (χ1n) is 8.81. The molecule has 7 nitrogen and oxygen atoms in total. The standard InChI is InChI=1S/C17H23F2N3O4S/c1-26-11-10-21-5-4-16(17(21)23)20-6-8-22(9-7-20)27(24,25)13-2-3-14(18)15(19)12-13/h2-3,12,16H,4-11H2,1H3. The molecular formula is C17H23F2N3O4S. The van der Waals surface area contributed by atoms with E-state index in [1.807, 2.05) is 4.90 Å². The highest BCUT2D eigenvalue weighted by Gasteiger charge is 2.38. The number of amides is 1. The van der Waals surface area contributed by atoms with Crippen LogP contribution in [0.4, 0.5) is 8.78 Å². The molecule has 2 saturated heterocycles. The average molecular weight is 403 g/mol. The molecule has 2 aliphatic rings. The molecule has 0 aliphatic carbocycles. The summed E-state index contributed by atoms with van der Waals surface area (Å²) >= 11 is 0. The van der Waals surface area contributed by atoms with Gasteiger partial charge in [0, 0.05) is 46.4 Å². The molecule has 27 heavy (non-hydrogen) atoms. The number of sulfonamides is 1. The lowest BCUT2D eigenvalue weighted by molar-refractivity contribution is -0.133. The van der Waals surface area contributed by atoms with E-state index in [2.05, 4.69) is 0 Å². The van der Waals surface area contributed by atoms with Gasteiger partial charge in [0.05, 0.1) is 17.5 Å². The summed E-state index contributed by atoms with van der Waals surface area (Å²) in [6, 6.07) is 2.33. The van der Waals surface area contributed by atoms with E-state index in [1.54, 1.807) is 12.0 Å². The van der Waals surface area contributed by atoms with E-state index in [-0.39, 0.29) is 29.9 Å². The number of benzene rings is 1. The quantitative estimate of drug-likeness (QED) is 0.693. The fourth-order valence-electron chi connectivity index (χ4n) is 3.53. The number of rotatable bonds is 6. The summed E-state index contributed by atoms with van der Waals surface area (Å²) < 4.78 is 58.0. The number of likely N-dealkylation sites (tertiary alicyclic amines) is 1. The maximum absolute atomic E-state index is 13.4. The first kappa shape index (κ1) is 20.1. The molecule has 0 bridgehead atoms. The minimum atomic E-state index is -3.90. The minimum Gasteiger partial charge on any atom is -0.383 e. The Labute approximate surface area is 157 Å². The second kappa shape index (κ2) is 8.17. The third kappa shape index (κ3) is 4.13. The summed E-state index contributed by atoms with van der Waals surface area (Å²) in [6.07, 6.45) is 0.707. The van der Waals surface area contributed by atoms with Gasteiger partial charge in [-0.05, 0) is 24.6 Å². The van der Waals surface area contributed by atoms with E-state index in [0.717, 1.165) is 12.1 Å². The highest BCUT2D eigenvalue weighted by Crippen LogP contribution is 2.23. The van der Waals surface area contributed by atoms with Crippen molar-refractivity contribution in [1.29, 1.82) is 0 Å². The van der Waals surface area contributed by atoms with Gasteiger partial charge in [-0.15, -0.1) is 0 Å². The van der Waals surface area contributed by atoms with Gasteiger partial charge in [-0.2, -0.15) is 4.31 Å². The Balaban J connectivity index is 1.62. The monoisotopic (exact) mass is 403 g/mol. The van der Waals surface area contributed by atoms with Crippen molar-refractivity contribution in [1.82, 2.24) is 14.1 Å². The Kier molecular flexibility index (Phi) is 6.09. The van der Waals surface area contributed by atoms with Crippen LogP contribution in [-0.4, -0.2) is 87.5 Å². The number of piperazine rings is 1. The van der Waals surface area contributed by atoms with Crippen LogP contribution in [0, 0.1) is 11.6 Å². The van der Waals surface area contributed by atoms with Gasteiger partial charge in [0.1, 0.15) is 0 Å². The zero-order chi connectivity index (χ0) is 19.6. The average Bonchev–Trinajstić information content (AvgIpc) is 3.02. The third-order valence-corrected chi connectivity index (χ3v) is 6.97. The smallest absolute Gasteiger partial charge is 0.243 e. The molecule has 0 saturated carbocycles. The van der Waals surface area contributed by atoms with Crippen molar-refractivity contribution in [2.45, 2.75) is 17.4 Å². The molecule has 1 unspecified atom stereocenters. The van der Waals surface area contributed by atoms with Crippen molar-refractivity contribution >= 4 is 15.9 Å². The fourth-order valence-corrected chi connectivity index (χ4v) is 4.96. The number of hydrogen-bond acceptors (Lipinski definition) is 5. The summed E-state index contributed by atoms with van der Waals surface area (Å²) in [5, 5.41) is 0. The van der Waals surface area contributed by atoms with E-state index >= 15 is 0 Å². The molecule has 0 N–H and O–H groups in total. The van der Waals surface area contributed by atoms with Gasteiger partial charge >= 0.3 is 0 Å². The van der Waals surface area contributed by atoms with Gasteiger partial charge in [-0.25, -0.2) is 17.2 Å². The lowest BCUT2D eigenvalue weighted by Gasteiger charge is -2.36. The minimum absolute atomic E-state index is 0.0453. The van der Waals surface area contributed by atoms with Crippen molar-refractivity contribution in [2.24, 2.45) is 0 Å². The molecule has 1 aromatic carbocycles. The molecule has 150 valence electrons. The van der Waals surface area contributed by atoms with Crippen LogP contribution >= 0.6 is 0 Å². The Hall–Kier alpha value is -1.62. The Bertz CT molecular complexity index is 797. The molecule has 3 rings (SSSR count). The van der Waals surface area contributed by atoms with E-state index in [4.69, 9.17) is 4.74 Å². The van der Waals surface area contributed by atoms with Crippen molar-refractivity contribution in [3.05, 3.63) is 29.8 Å². The second-order valence-corrected chi connectivity index (χ2v) is 8.58. The molecule has 1 amide bonds. The van der Waals surface area contributed by atoms with Crippen LogP contribution in [0.25, 0.3) is 0 Å². The summed E-state index contributed by atoms with van der Waals surface area (Å²) in [6.45, 7) is 2.93. The van der Waals surface area contributed by atoms with Crippen molar-refractivity contribution in [3.63, 3.8) is 0 Å². The molecule has 2 heterocycles. The maximum atomic E-state index is 13.4. The predicted octanol–water partition coefficient (Wildman–Crippen LogP) is 0.518. The fraction of sp³-hybridized carbons (Fsp3) is 0.588. The maximum Gasteiger partial charge on any atom is 0.243 e. The lowest BCUT2D eigenvalue weighted by Crippen LogP contribution is -2.53. The molecule has 0 radical (unpaired) electrons. The lowest BCUT2D eigenvalue weighted by atomic mass is 10.2. The summed E-state index contributed by atoms with van der Waals surface area (Å²) in [5.41, 5.74) is 0. The van der Waals surface area contributed by atoms with Crippen molar-refractivity contribution in [3.8, 4) is 0 Å². The number of methoxy groups -OCH3 is 1. The highest BCUT2D eigenvalue weighted by atomic mass is 32.2. The molecular weight excluding hydrogens is 380 g/mol. The van der Waals surface area contributed by atoms with Gasteiger partial charge < -0.3 is 9.64 Å². The number of halogens is 2. The van der Waals surface area contributed by atoms with Gasteiger partial charge in [-0.1, -0.05) is 0 Å². The molecule has 1 aromatic rings. The molecule has 2 aliphatic heterocycles. The zero-order valence-corrected chi connectivity index (χ0v) is 15.9. The first-order valence-corrected chi connectivity index (χ1v) is 10.3. The second-order valence-electron chi connectivity index (χ2n) is 6.64.